The second-order valence-corrected chi connectivity index (χ2v) is 7.57. The topological polar surface area (TPSA) is 90.9 Å². The van der Waals surface area contributed by atoms with Crippen molar-refractivity contribution in [3.05, 3.63) is 23.9 Å². The molecule has 3 N–H and O–H groups in total. The maximum absolute atomic E-state index is 12.2. The first-order valence-corrected chi connectivity index (χ1v) is 10.6. The molecule has 9 heteroatoms. The number of rotatable bonds is 9. The molecule has 1 aliphatic heterocycles. The molecule has 0 spiro atoms. The normalized spacial score (nSPS) is 16.0. The van der Waals surface area contributed by atoms with E-state index in [1.807, 2.05) is 26.0 Å². The van der Waals surface area contributed by atoms with E-state index in [0.29, 0.717) is 37.3 Å². The fourth-order valence-corrected chi connectivity index (χ4v) is 3.30. The summed E-state index contributed by atoms with van der Waals surface area (Å²) < 4.78 is 5.47. The molecule has 1 atom stereocenters. The lowest BCUT2D eigenvalue weighted by Gasteiger charge is -2.36. The van der Waals surface area contributed by atoms with E-state index in [9.17, 15) is 4.79 Å². The molecule has 1 fully saturated rings. The molecular weight excluding hydrogens is 495 g/mol. The molecule has 0 aliphatic carbocycles. The first-order valence-electron chi connectivity index (χ1n) is 10.6. The Morgan fingerprint density at radius 3 is 2.63 bits per heavy atom. The number of anilines is 1. The zero-order chi connectivity index (χ0) is 21.1. The summed E-state index contributed by atoms with van der Waals surface area (Å²) in [5.74, 6) is 1.76. The van der Waals surface area contributed by atoms with E-state index in [2.05, 4.69) is 39.7 Å². The standard InChI is InChI=1S/C21H36N6O2.HI/c1-5-22-21(24-15-18(16(2)3)27-11-13-29-14-12-27)23-10-9-20(28)26-19-8-6-7-17(4)25-19;/h6-8,16,18H,5,9-15H2,1-4H3,(H2,22,23,24)(H,25,26,28);1H. The second-order valence-electron chi connectivity index (χ2n) is 7.57. The minimum Gasteiger partial charge on any atom is -0.379 e. The molecule has 0 bridgehead atoms. The first kappa shape index (κ1) is 26.6. The van der Waals surface area contributed by atoms with Gasteiger partial charge in [-0.1, -0.05) is 19.9 Å². The third-order valence-corrected chi connectivity index (χ3v) is 4.87. The van der Waals surface area contributed by atoms with Crippen LogP contribution in [-0.2, 0) is 9.53 Å². The van der Waals surface area contributed by atoms with Crippen LogP contribution in [0.3, 0.4) is 0 Å². The fraction of sp³-hybridized carbons (Fsp3) is 0.667. The Labute approximate surface area is 197 Å². The van der Waals surface area contributed by atoms with Crippen LogP contribution in [0.4, 0.5) is 5.82 Å². The third-order valence-electron chi connectivity index (χ3n) is 4.87. The highest BCUT2D eigenvalue weighted by Crippen LogP contribution is 2.13. The van der Waals surface area contributed by atoms with Crippen molar-refractivity contribution in [2.45, 2.75) is 40.2 Å². The van der Waals surface area contributed by atoms with Crippen molar-refractivity contribution >= 4 is 41.7 Å². The number of carbonyl (C=O) groups excluding carboxylic acids is 1. The Morgan fingerprint density at radius 2 is 2.00 bits per heavy atom. The molecule has 2 heterocycles. The van der Waals surface area contributed by atoms with E-state index < -0.39 is 0 Å². The van der Waals surface area contributed by atoms with Gasteiger partial charge in [-0.2, -0.15) is 0 Å². The maximum Gasteiger partial charge on any atom is 0.227 e. The van der Waals surface area contributed by atoms with Crippen LogP contribution in [0, 0.1) is 12.8 Å². The largest absolute Gasteiger partial charge is 0.379 e. The summed E-state index contributed by atoms with van der Waals surface area (Å²) in [6.45, 7) is 13.9. The monoisotopic (exact) mass is 532 g/mol. The van der Waals surface area contributed by atoms with Crippen LogP contribution in [0.15, 0.2) is 23.2 Å². The number of aromatic nitrogens is 1. The molecular formula is C21H37IN6O2. The average molecular weight is 532 g/mol. The molecule has 0 saturated carbocycles. The highest BCUT2D eigenvalue weighted by Gasteiger charge is 2.23. The van der Waals surface area contributed by atoms with Crippen molar-refractivity contribution in [2.75, 3.05) is 51.3 Å². The number of hydrogen-bond acceptors (Lipinski definition) is 5. The van der Waals surface area contributed by atoms with Gasteiger partial charge >= 0.3 is 0 Å². The summed E-state index contributed by atoms with van der Waals surface area (Å²) in [6.07, 6.45) is 0.344. The lowest BCUT2D eigenvalue weighted by atomic mass is 10.0. The van der Waals surface area contributed by atoms with Gasteiger partial charge in [-0.15, -0.1) is 24.0 Å². The minimum absolute atomic E-state index is 0. The van der Waals surface area contributed by atoms with E-state index in [0.717, 1.165) is 44.5 Å². The number of ether oxygens (including phenoxy) is 1. The van der Waals surface area contributed by atoms with Crippen molar-refractivity contribution in [1.29, 1.82) is 0 Å². The Hall–Kier alpha value is -1.46. The predicted molar refractivity (Wildman–Crippen MR) is 133 cm³/mol. The van der Waals surface area contributed by atoms with Gasteiger partial charge in [0.15, 0.2) is 5.96 Å². The minimum atomic E-state index is -0.0696. The van der Waals surface area contributed by atoms with Crippen LogP contribution >= 0.6 is 24.0 Å². The summed E-state index contributed by atoms with van der Waals surface area (Å²) >= 11 is 0. The molecule has 1 amide bonds. The van der Waals surface area contributed by atoms with E-state index >= 15 is 0 Å². The van der Waals surface area contributed by atoms with Crippen LogP contribution in [0.2, 0.25) is 0 Å². The number of guanidine groups is 1. The summed E-state index contributed by atoms with van der Waals surface area (Å²) in [5, 5.41) is 9.35. The Kier molecular flexibility index (Phi) is 12.9. The van der Waals surface area contributed by atoms with Gasteiger partial charge in [-0.25, -0.2) is 4.98 Å². The maximum atomic E-state index is 12.2. The van der Waals surface area contributed by atoms with E-state index in [-0.39, 0.29) is 29.9 Å². The number of halogens is 1. The van der Waals surface area contributed by atoms with E-state index in [1.165, 1.54) is 0 Å². The smallest absolute Gasteiger partial charge is 0.227 e. The molecule has 1 aliphatic rings. The summed E-state index contributed by atoms with van der Waals surface area (Å²) in [4.78, 5) is 23.7. The number of morpholine rings is 1. The number of aryl methyl sites for hydroxylation is 1. The molecule has 30 heavy (non-hydrogen) atoms. The Bertz CT molecular complexity index is 665. The highest BCUT2D eigenvalue weighted by atomic mass is 127. The van der Waals surface area contributed by atoms with Gasteiger partial charge in [0.25, 0.3) is 0 Å². The number of nitrogens with zero attached hydrogens (tertiary/aromatic N) is 3. The van der Waals surface area contributed by atoms with Crippen molar-refractivity contribution in [3.63, 3.8) is 0 Å². The lowest BCUT2D eigenvalue weighted by Crippen LogP contribution is -2.48. The molecule has 8 nitrogen and oxygen atoms in total. The number of nitrogens with one attached hydrogen (secondary N) is 3. The summed E-state index contributed by atoms with van der Waals surface area (Å²) in [6, 6.07) is 5.95. The molecule has 1 aromatic rings. The highest BCUT2D eigenvalue weighted by molar-refractivity contribution is 14.0. The van der Waals surface area contributed by atoms with Crippen molar-refractivity contribution < 1.29 is 9.53 Å². The van der Waals surface area contributed by atoms with Crippen molar-refractivity contribution in [3.8, 4) is 0 Å². The Morgan fingerprint density at radius 1 is 1.27 bits per heavy atom. The third kappa shape index (κ3) is 9.57. The zero-order valence-corrected chi connectivity index (χ0v) is 20.9. The number of aliphatic imine (C=N–C) groups is 1. The fourth-order valence-electron chi connectivity index (χ4n) is 3.30. The molecule has 0 radical (unpaired) electrons. The summed E-state index contributed by atoms with van der Waals surface area (Å²) in [7, 11) is 0. The van der Waals surface area contributed by atoms with Gasteiger partial charge in [0.05, 0.1) is 19.8 Å². The van der Waals surface area contributed by atoms with Gasteiger partial charge in [0, 0.05) is 44.3 Å². The molecule has 1 unspecified atom stereocenters. The lowest BCUT2D eigenvalue weighted by molar-refractivity contribution is -0.116. The van der Waals surface area contributed by atoms with Crippen LogP contribution in [0.25, 0.3) is 0 Å². The molecule has 170 valence electrons. The number of carbonyl (C=O) groups is 1. The van der Waals surface area contributed by atoms with Crippen LogP contribution < -0.4 is 16.0 Å². The van der Waals surface area contributed by atoms with Crippen LogP contribution in [0.1, 0.15) is 32.9 Å². The quantitative estimate of drug-likeness (QED) is 0.257. The van der Waals surface area contributed by atoms with Crippen molar-refractivity contribution in [1.82, 2.24) is 20.5 Å². The molecule has 2 rings (SSSR count). The second kappa shape index (κ2) is 14.5. The van der Waals surface area contributed by atoms with E-state index in [4.69, 9.17) is 9.73 Å². The predicted octanol–water partition coefficient (Wildman–Crippen LogP) is 2.25. The first-order chi connectivity index (χ1) is 14.0. The molecule has 1 saturated heterocycles. The average Bonchev–Trinajstić information content (AvgIpc) is 2.68. The van der Waals surface area contributed by atoms with Gasteiger partial charge in [0.1, 0.15) is 5.82 Å². The zero-order valence-electron chi connectivity index (χ0n) is 18.6. The molecule has 1 aromatic heterocycles. The van der Waals surface area contributed by atoms with Gasteiger partial charge in [-0.3, -0.25) is 14.7 Å². The summed E-state index contributed by atoms with van der Waals surface area (Å²) in [5.41, 5.74) is 0.877. The number of hydrogen-bond donors (Lipinski definition) is 3. The van der Waals surface area contributed by atoms with Crippen LogP contribution in [-0.4, -0.2) is 73.7 Å². The Balaban J connectivity index is 0.00000450. The van der Waals surface area contributed by atoms with Gasteiger partial charge in [-0.05, 0) is 31.9 Å². The van der Waals surface area contributed by atoms with Crippen molar-refractivity contribution in [2.24, 2.45) is 10.9 Å². The van der Waals surface area contributed by atoms with Gasteiger partial charge < -0.3 is 20.7 Å². The van der Waals surface area contributed by atoms with E-state index in [1.54, 1.807) is 6.07 Å². The number of pyridine rings is 1. The van der Waals surface area contributed by atoms with Gasteiger partial charge in [0.2, 0.25) is 5.91 Å². The number of amides is 1. The molecule has 0 aromatic carbocycles. The SMILES string of the molecule is CCNC(=NCC(C(C)C)N1CCOCC1)NCCC(=O)Nc1cccc(C)n1.I. The van der Waals surface area contributed by atoms with Crippen LogP contribution in [0.5, 0.6) is 0 Å².